The summed E-state index contributed by atoms with van der Waals surface area (Å²) in [5.74, 6) is -1.29. The minimum atomic E-state index is -0.676. The number of nitrogens with zero attached hydrogens (tertiary/aromatic N) is 2. The number of rotatable bonds is 6. The molecule has 2 aromatic rings. The largest absolute Gasteiger partial charge is 0.477 e. The van der Waals surface area contributed by atoms with E-state index < -0.39 is 22.9 Å². The summed E-state index contributed by atoms with van der Waals surface area (Å²) in [4.78, 5) is 24.6. The molecule has 1 amide bonds. The molecule has 26 heavy (non-hydrogen) atoms. The molecule has 0 aliphatic rings. The summed E-state index contributed by atoms with van der Waals surface area (Å²) in [6.45, 7) is 5.61. The molecule has 0 fully saturated rings. The number of benzene rings is 2. The van der Waals surface area contributed by atoms with E-state index in [0.29, 0.717) is 6.54 Å². The summed E-state index contributed by atoms with van der Waals surface area (Å²) in [5, 5.41) is 11.0. The van der Waals surface area contributed by atoms with E-state index in [1.54, 1.807) is 4.90 Å². The van der Waals surface area contributed by atoms with Gasteiger partial charge >= 0.3 is 5.69 Å². The summed E-state index contributed by atoms with van der Waals surface area (Å²) in [5.41, 5.74) is 0.0848. The van der Waals surface area contributed by atoms with Crippen LogP contribution in [0.4, 0.5) is 10.1 Å². The van der Waals surface area contributed by atoms with Gasteiger partial charge in [-0.15, -0.1) is 0 Å². The quantitative estimate of drug-likeness (QED) is 0.578. The molecule has 0 N–H and O–H groups in total. The summed E-state index contributed by atoms with van der Waals surface area (Å²) >= 11 is 0. The minimum Gasteiger partial charge on any atom is -0.477 e. The number of carbonyl (C=O) groups excluding carboxylic acids is 1. The number of carbonyl (C=O) groups is 1. The number of hydrogen-bond donors (Lipinski definition) is 0. The highest BCUT2D eigenvalue weighted by Gasteiger charge is 2.27. The highest BCUT2D eigenvalue weighted by atomic mass is 19.1. The van der Waals surface area contributed by atoms with Crippen LogP contribution in [0.15, 0.2) is 48.5 Å². The lowest BCUT2D eigenvalue weighted by Gasteiger charge is -2.35. The predicted octanol–water partition coefficient (Wildman–Crippen LogP) is 3.94. The van der Waals surface area contributed by atoms with Crippen LogP contribution in [0.5, 0.6) is 5.75 Å². The van der Waals surface area contributed by atoms with Gasteiger partial charge in [0.2, 0.25) is 5.75 Å². The number of hydrogen-bond acceptors (Lipinski definition) is 4. The van der Waals surface area contributed by atoms with Gasteiger partial charge < -0.3 is 9.64 Å². The van der Waals surface area contributed by atoms with Crippen molar-refractivity contribution in [2.75, 3.05) is 6.61 Å². The fraction of sp³-hybridized carbons (Fsp3) is 0.316. The number of halogens is 1. The third kappa shape index (κ3) is 5.02. The molecule has 0 saturated carbocycles. The van der Waals surface area contributed by atoms with Crippen LogP contribution in [-0.4, -0.2) is 27.9 Å². The van der Waals surface area contributed by atoms with Gasteiger partial charge in [0, 0.05) is 24.2 Å². The molecule has 138 valence electrons. The topological polar surface area (TPSA) is 72.7 Å². The lowest BCUT2D eigenvalue weighted by molar-refractivity contribution is -0.385. The zero-order valence-corrected chi connectivity index (χ0v) is 14.9. The van der Waals surface area contributed by atoms with E-state index in [9.17, 15) is 19.3 Å². The van der Waals surface area contributed by atoms with Crippen molar-refractivity contribution in [3.8, 4) is 5.75 Å². The molecule has 0 bridgehead atoms. The predicted molar refractivity (Wildman–Crippen MR) is 95.3 cm³/mol. The van der Waals surface area contributed by atoms with Gasteiger partial charge in [0.15, 0.2) is 6.61 Å². The summed E-state index contributed by atoms with van der Waals surface area (Å²) in [6.07, 6.45) is 0. The number of nitro groups is 1. The smallest absolute Gasteiger partial charge is 0.311 e. The Bertz CT molecular complexity index is 788. The average Bonchev–Trinajstić information content (AvgIpc) is 2.57. The number of ether oxygens (including phenoxy) is 1. The van der Waals surface area contributed by atoms with Crippen molar-refractivity contribution >= 4 is 11.6 Å². The monoisotopic (exact) mass is 360 g/mol. The molecule has 0 aliphatic heterocycles. The molecule has 0 aliphatic carbocycles. The molecule has 0 saturated heterocycles. The first-order valence-corrected chi connectivity index (χ1v) is 8.09. The van der Waals surface area contributed by atoms with Crippen molar-refractivity contribution in [3.63, 3.8) is 0 Å². The van der Waals surface area contributed by atoms with Crippen LogP contribution < -0.4 is 4.74 Å². The van der Waals surface area contributed by atoms with Crippen LogP contribution in [0.2, 0.25) is 0 Å². The maximum Gasteiger partial charge on any atom is 0.311 e. The van der Waals surface area contributed by atoms with E-state index in [0.717, 1.165) is 23.8 Å². The Balaban J connectivity index is 2.15. The lowest BCUT2D eigenvalue weighted by Crippen LogP contribution is -2.47. The van der Waals surface area contributed by atoms with Gasteiger partial charge in [0.05, 0.1) is 4.92 Å². The molecular formula is C19H21FN2O4. The molecule has 0 spiro atoms. The summed E-state index contributed by atoms with van der Waals surface area (Å²) in [6, 6.07) is 12.4. The Hall–Kier alpha value is -2.96. The first-order chi connectivity index (χ1) is 12.2. The maximum absolute atomic E-state index is 13.4. The zero-order chi connectivity index (χ0) is 19.3. The van der Waals surface area contributed by atoms with Crippen LogP contribution in [0, 0.1) is 15.9 Å². The van der Waals surface area contributed by atoms with Gasteiger partial charge in [0.1, 0.15) is 5.82 Å². The van der Waals surface area contributed by atoms with E-state index in [4.69, 9.17) is 4.74 Å². The van der Waals surface area contributed by atoms with Crippen LogP contribution in [0.25, 0.3) is 0 Å². The lowest BCUT2D eigenvalue weighted by atomic mass is 10.0. The van der Waals surface area contributed by atoms with Crippen molar-refractivity contribution in [1.29, 1.82) is 0 Å². The Morgan fingerprint density at radius 2 is 1.85 bits per heavy atom. The molecule has 0 heterocycles. The van der Waals surface area contributed by atoms with E-state index in [-0.39, 0.29) is 17.3 Å². The molecule has 6 nitrogen and oxygen atoms in total. The van der Waals surface area contributed by atoms with Crippen molar-refractivity contribution < 1.29 is 18.8 Å². The third-order valence-corrected chi connectivity index (χ3v) is 3.76. The molecule has 2 aromatic carbocycles. The molecule has 0 unspecified atom stereocenters. The second-order valence-electron chi connectivity index (χ2n) is 6.79. The van der Waals surface area contributed by atoms with E-state index in [1.807, 2.05) is 51.1 Å². The van der Waals surface area contributed by atoms with E-state index >= 15 is 0 Å². The fourth-order valence-electron chi connectivity index (χ4n) is 2.44. The third-order valence-electron chi connectivity index (χ3n) is 3.76. The Morgan fingerprint density at radius 1 is 1.19 bits per heavy atom. The highest BCUT2D eigenvalue weighted by molar-refractivity contribution is 5.78. The Morgan fingerprint density at radius 3 is 2.42 bits per heavy atom. The van der Waals surface area contributed by atoms with Gasteiger partial charge in [-0.25, -0.2) is 4.39 Å². The molecule has 0 atom stereocenters. The highest BCUT2D eigenvalue weighted by Crippen LogP contribution is 2.28. The van der Waals surface area contributed by atoms with Gasteiger partial charge in [-0.1, -0.05) is 30.3 Å². The van der Waals surface area contributed by atoms with Crippen molar-refractivity contribution in [2.24, 2.45) is 0 Å². The zero-order valence-electron chi connectivity index (χ0n) is 14.9. The molecule has 0 radical (unpaired) electrons. The average molecular weight is 360 g/mol. The number of amides is 1. The van der Waals surface area contributed by atoms with Gasteiger partial charge in [-0.2, -0.15) is 0 Å². The van der Waals surface area contributed by atoms with Crippen LogP contribution in [-0.2, 0) is 11.3 Å². The first kappa shape index (κ1) is 19.4. The minimum absolute atomic E-state index is 0.267. The molecule has 0 aromatic heterocycles. The second-order valence-corrected chi connectivity index (χ2v) is 6.79. The van der Waals surface area contributed by atoms with Crippen molar-refractivity contribution in [1.82, 2.24) is 4.90 Å². The first-order valence-electron chi connectivity index (χ1n) is 8.09. The van der Waals surface area contributed by atoms with Gasteiger partial charge in [0.25, 0.3) is 5.91 Å². The van der Waals surface area contributed by atoms with E-state index in [2.05, 4.69) is 0 Å². The van der Waals surface area contributed by atoms with Crippen LogP contribution in [0.3, 0.4) is 0 Å². The SMILES string of the molecule is CC(C)(C)N(Cc1ccccc1)C(=O)COc1cc(F)ccc1[N+](=O)[O-]. The van der Waals surface area contributed by atoms with Crippen LogP contribution >= 0.6 is 0 Å². The van der Waals surface area contributed by atoms with Crippen LogP contribution in [0.1, 0.15) is 26.3 Å². The molecule has 2 rings (SSSR count). The van der Waals surface area contributed by atoms with E-state index in [1.165, 1.54) is 0 Å². The summed E-state index contributed by atoms with van der Waals surface area (Å²) in [7, 11) is 0. The molecular weight excluding hydrogens is 339 g/mol. The Labute approximate surface area is 151 Å². The van der Waals surface area contributed by atoms with Gasteiger partial charge in [-0.3, -0.25) is 14.9 Å². The fourth-order valence-corrected chi connectivity index (χ4v) is 2.44. The standard InChI is InChI=1S/C19H21FN2O4/c1-19(2,3)21(12-14-7-5-4-6-8-14)18(23)13-26-17-11-15(20)9-10-16(17)22(24)25/h4-11H,12-13H2,1-3H3. The van der Waals surface area contributed by atoms with Crippen molar-refractivity contribution in [3.05, 3.63) is 70.0 Å². The number of nitro benzene ring substituents is 1. The van der Waals surface area contributed by atoms with Gasteiger partial charge in [-0.05, 0) is 32.4 Å². The maximum atomic E-state index is 13.4. The Kier molecular flexibility index (Phi) is 5.92. The van der Waals surface area contributed by atoms with Crippen molar-refractivity contribution in [2.45, 2.75) is 32.9 Å². The molecule has 7 heteroatoms. The second kappa shape index (κ2) is 7.95. The normalized spacial score (nSPS) is 11.1. The summed E-state index contributed by atoms with van der Waals surface area (Å²) < 4.78 is 18.7.